The molecule has 2 amide bonds. The molecule has 1 N–H and O–H groups in total. The van der Waals surface area contributed by atoms with Gasteiger partial charge in [0, 0.05) is 30.1 Å². The number of benzene rings is 1. The van der Waals surface area contributed by atoms with Gasteiger partial charge in [0.1, 0.15) is 5.75 Å². The van der Waals surface area contributed by atoms with Crippen LogP contribution >= 0.6 is 11.6 Å². The van der Waals surface area contributed by atoms with Crippen molar-refractivity contribution in [3.63, 3.8) is 0 Å². The first-order valence-electron chi connectivity index (χ1n) is 8.44. The van der Waals surface area contributed by atoms with Crippen LogP contribution in [-0.2, 0) is 9.59 Å². The molecule has 1 aromatic rings. The predicted octanol–water partition coefficient (Wildman–Crippen LogP) is 3.39. The van der Waals surface area contributed by atoms with E-state index in [-0.39, 0.29) is 24.2 Å². The van der Waals surface area contributed by atoms with Crippen LogP contribution in [0.1, 0.15) is 37.7 Å². The van der Waals surface area contributed by atoms with E-state index in [0.717, 1.165) is 18.4 Å². The van der Waals surface area contributed by atoms with E-state index in [0.29, 0.717) is 29.0 Å². The van der Waals surface area contributed by atoms with Crippen LogP contribution in [0.25, 0.3) is 0 Å². The van der Waals surface area contributed by atoms with Crippen LogP contribution in [0.3, 0.4) is 0 Å². The summed E-state index contributed by atoms with van der Waals surface area (Å²) >= 11 is 6.10. The van der Waals surface area contributed by atoms with Gasteiger partial charge in [-0.05, 0) is 31.4 Å². The number of nitrogens with one attached hydrogen (secondary N) is 1. The number of carbonyl (C=O) groups excluding carboxylic acids is 2. The Morgan fingerprint density at radius 1 is 1.33 bits per heavy atom. The molecule has 0 spiro atoms. The van der Waals surface area contributed by atoms with Crippen LogP contribution in [0.4, 0.5) is 5.69 Å². The number of anilines is 1. The number of ether oxygens (including phenoxy) is 1. The smallest absolute Gasteiger partial charge is 0.229 e. The van der Waals surface area contributed by atoms with E-state index in [2.05, 4.69) is 5.32 Å². The first-order chi connectivity index (χ1) is 11.5. The minimum atomic E-state index is -0.307. The number of halogens is 1. The van der Waals surface area contributed by atoms with Gasteiger partial charge in [-0.15, -0.1) is 0 Å². The molecule has 1 aromatic carbocycles. The summed E-state index contributed by atoms with van der Waals surface area (Å²) in [6.45, 7) is 2.39. The lowest BCUT2D eigenvalue weighted by Gasteiger charge is -2.24. The third-order valence-corrected chi connectivity index (χ3v) is 5.44. The van der Waals surface area contributed by atoms with Crippen LogP contribution in [0, 0.1) is 12.8 Å². The number of likely N-dealkylation sites (tertiary alicyclic amines) is 1. The van der Waals surface area contributed by atoms with Gasteiger partial charge in [-0.2, -0.15) is 0 Å². The Hall–Kier alpha value is -1.75. The molecule has 5 nitrogen and oxygen atoms in total. The Morgan fingerprint density at radius 2 is 2.04 bits per heavy atom. The van der Waals surface area contributed by atoms with Gasteiger partial charge in [0.2, 0.25) is 11.8 Å². The SMILES string of the molecule is COc1cc(Cl)c(C)cc1NC(=O)[C@@H]1CC(=O)N(C2CCCC2)C1. The van der Waals surface area contributed by atoms with Gasteiger partial charge in [0.05, 0.1) is 18.7 Å². The van der Waals surface area contributed by atoms with E-state index in [9.17, 15) is 9.59 Å². The summed E-state index contributed by atoms with van der Waals surface area (Å²) in [5, 5.41) is 3.49. The van der Waals surface area contributed by atoms with Crippen molar-refractivity contribution in [2.75, 3.05) is 19.0 Å². The van der Waals surface area contributed by atoms with Crippen molar-refractivity contribution in [2.24, 2.45) is 5.92 Å². The molecular formula is C18H23ClN2O3. The van der Waals surface area contributed by atoms with Crippen molar-refractivity contribution >= 4 is 29.1 Å². The Bertz CT molecular complexity index is 656. The van der Waals surface area contributed by atoms with E-state index >= 15 is 0 Å². The standard InChI is InChI=1S/C18H23ClN2O3/c1-11-7-15(16(24-2)9-14(11)19)20-18(23)12-8-17(22)21(10-12)13-5-3-4-6-13/h7,9,12-13H,3-6,8,10H2,1-2H3,(H,20,23)/t12-/m1/s1. The molecule has 6 heteroatoms. The highest BCUT2D eigenvalue weighted by Gasteiger charge is 2.38. The summed E-state index contributed by atoms with van der Waals surface area (Å²) in [6, 6.07) is 3.81. The number of aryl methyl sites for hydroxylation is 1. The highest BCUT2D eigenvalue weighted by molar-refractivity contribution is 6.31. The van der Waals surface area contributed by atoms with Gasteiger partial charge in [-0.3, -0.25) is 9.59 Å². The molecule has 24 heavy (non-hydrogen) atoms. The molecule has 0 unspecified atom stereocenters. The van der Waals surface area contributed by atoms with Crippen LogP contribution in [0.15, 0.2) is 12.1 Å². The zero-order chi connectivity index (χ0) is 17.3. The van der Waals surface area contributed by atoms with Gasteiger partial charge in [0.15, 0.2) is 0 Å². The maximum atomic E-state index is 12.6. The highest BCUT2D eigenvalue weighted by atomic mass is 35.5. The van der Waals surface area contributed by atoms with Crippen LogP contribution in [0.2, 0.25) is 5.02 Å². The van der Waals surface area contributed by atoms with Crippen molar-refractivity contribution in [3.8, 4) is 5.75 Å². The second kappa shape index (κ2) is 7.01. The Labute approximate surface area is 147 Å². The number of methoxy groups -OCH3 is 1. The van der Waals surface area contributed by atoms with Crippen molar-refractivity contribution in [3.05, 3.63) is 22.7 Å². The van der Waals surface area contributed by atoms with Crippen LogP contribution in [-0.4, -0.2) is 36.4 Å². The van der Waals surface area contributed by atoms with Gasteiger partial charge in [-0.1, -0.05) is 24.4 Å². The molecule has 3 rings (SSSR count). The molecule has 1 heterocycles. The van der Waals surface area contributed by atoms with Gasteiger partial charge >= 0.3 is 0 Å². The molecule has 1 saturated heterocycles. The second-order valence-corrected chi connectivity index (χ2v) is 7.08. The summed E-state index contributed by atoms with van der Waals surface area (Å²) in [7, 11) is 1.54. The minimum Gasteiger partial charge on any atom is -0.495 e. The minimum absolute atomic E-state index is 0.0984. The lowest BCUT2D eigenvalue weighted by molar-refractivity contribution is -0.129. The Kier molecular flexibility index (Phi) is 4.99. The average molecular weight is 351 g/mol. The number of nitrogens with zero attached hydrogens (tertiary/aromatic N) is 1. The summed E-state index contributed by atoms with van der Waals surface area (Å²) in [6.07, 6.45) is 4.75. The first-order valence-corrected chi connectivity index (χ1v) is 8.82. The van der Waals surface area contributed by atoms with Crippen LogP contribution < -0.4 is 10.1 Å². The van der Waals surface area contributed by atoms with Crippen LogP contribution in [0.5, 0.6) is 5.75 Å². The van der Waals surface area contributed by atoms with Crippen molar-refractivity contribution < 1.29 is 14.3 Å². The molecule has 1 aliphatic carbocycles. The maximum absolute atomic E-state index is 12.6. The fourth-order valence-corrected chi connectivity index (χ4v) is 3.79. The highest BCUT2D eigenvalue weighted by Crippen LogP contribution is 2.33. The molecule has 130 valence electrons. The molecule has 0 aromatic heterocycles. The van der Waals surface area contributed by atoms with E-state index < -0.39 is 0 Å². The van der Waals surface area contributed by atoms with E-state index in [4.69, 9.17) is 16.3 Å². The Balaban J connectivity index is 1.69. The maximum Gasteiger partial charge on any atom is 0.229 e. The lowest BCUT2D eigenvalue weighted by Crippen LogP contribution is -2.35. The number of carbonyl (C=O) groups is 2. The normalized spacial score (nSPS) is 21.4. The van der Waals surface area contributed by atoms with Crippen molar-refractivity contribution in [2.45, 2.75) is 45.1 Å². The van der Waals surface area contributed by atoms with Gasteiger partial charge in [0.25, 0.3) is 0 Å². The third-order valence-electron chi connectivity index (χ3n) is 5.03. The number of amides is 2. The summed E-state index contributed by atoms with van der Waals surface area (Å²) in [5.41, 5.74) is 1.46. The Morgan fingerprint density at radius 3 is 2.71 bits per heavy atom. The molecule has 0 radical (unpaired) electrons. The number of rotatable bonds is 4. The first kappa shape index (κ1) is 17.1. The molecule has 1 atom stereocenters. The number of hydrogen-bond acceptors (Lipinski definition) is 3. The average Bonchev–Trinajstić information content (AvgIpc) is 3.19. The number of hydrogen-bond donors (Lipinski definition) is 1. The topological polar surface area (TPSA) is 58.6 Å². The largest absolute Gasteiger partial charge is 0.495 e. The second-order valence-electron chi connectivity index (χ2n) is 6.68. The predicted molar refractivity (Wildman–Crippen MR) is 93.4 cm³/mol. The van der Waals surface area contributed by atoms with Gasteiger partial charge < -0.3 is 15.0 Å². The molecule has 0 bridgehead atoms. The molecular weight excluding hydrogens is 328 g/mol. The monoisotopic (exact) mass is 350 g/mol. The zero-order valence-electron chi connectivity index (χ0n) is 14.1. The zero-order valence-corrected chi connectivity index (χ0v) is 14.9. The lowest BCUT2D eigenvalue weighted by atomic mass is 10.1. The molecule has 1 saturated carbocycles. The summed E-state index contributed by atoms with van der Waals surface area (Å²) in [4.78, 5) is 26.8. The molecule has 2 fully saturated rings. The van der Waals surface area contributed by atoms with Crippen molar-refractivity contribution in [1.82, 2.24) is 4.90 Å². The summed E-state index contributed by atoms with van der Waals surface area (Å²) < 4.78 is 5.29. The van der Waals surface area contributed by atoms with E-state index in [1.807, 2.05) is 11.8 Å². The van der Waals surface area contributed by atoms with Gasteiger partial charge in [-0.25, -0.2) is 0 Å². The molecule has 1 aliphatic heterocycles. The quantitative estimate of drug-likeness (QED) is 0.905. The molecule has 2 aliphatic rings. The van der Waals surface area contributed by atoms with E-state index in [1.165, 1.54) is 20.0 Å². The fourth-order valence-electron chi connectivity index (χ4n) is 3.64. The fraction of sp³-hybridized carbons (Fsp3) is 0.556. The summed E-state index contributed by atoms with van der Waals surface area (Å²) in [5.74, 6) is 0.180. The third kappa shape index (κ3) is 3.36. The van der Waals surface area contributed by atoms with Crippen molar-refractivity contribution in [1.29, 1.82) is 0 Å². The van der Waals surface area contributed by atoms with E-state index in [1.54, 1.807) is 12.1 Å².